The van der Waals surface area contributed by atoms with Gasteiger partial charge >= 0.3 is 10.1 Å². The zero-order valence-electron chi connectivity index (χ0n) is 13.5. The maximum atomic E-state index is 13.0. The van der Waals surface area contributed by atoms with Crippen molar-refractivity contribution < 1.29 is 21.8 Å². The van der Waals surface area contributed by atoms with Crippen LogP contribution in [0.2, 0.25) is 5.02 Å². The number of ether oxygens (including phenoxy) is 1. The maximum absolute atomic E-state index is 13.0. The number of benzene rings is 2. The molecule has 1 heterocycles. The summed E-state index contributed by atoms with van der Waals surface area (Å²) >= 11 is 5.93. The Kier molecular flexibility index (Phi) is 5.41. The summed E-state index contributed by atoms with van der Waals surface area (Å²) in [4.78, 5) is 0.112. The Bertz CT molecular complexity index is 851. The van der Waals surface area contributed by atoms with E-state index in [0.717, 1.165) is 5.56 Å². The van der Waals surface area contributed by atoms with E-state index in [9.17, 15) is 12.8 Å². The molecule has 1 aliphatic rings. The molecule has 0 aromatic heterocycles. The highest BCUT2D eigenvalue weighted by atomic mass is 35.5. The average Bonchev–Trinajstić information content (AvgIpc) is 2.51. The SMILES string of the molecule is Cc1ccc(S(=O)(=O)ON2CC(OCc3ccc(F)cc3Cl)C2)cc1. The van der Waals surface area contributed by atoms with Crippen molar-refractivity contribution in [2.45, 2.75) is 24.5 Å². The summed E-state index contributed by atoms with van der Waals surface area (Å²) in [5, 5.41) is 1.63. The third kappa shape index (κ3) is 4.56. The maximum Gasteiger partial charge on any atom is 0.313 e. The fourth-order valence-corrected chi connectivity index (χ4v) is 3.48. The van der Waals surface area contributed by atoms with E-state index >= 15 is 0 Å². The number of aryl methyl sites for hydroxylation is 1. The van der Waals surface area contributed by atoms with Gasteiger partial charge in [-0.15, -0.1) is 0 Å². The highest BCUT2D eigenvalue weighted by molar-refractivity contribution is 7.86. The van der Waals surface area contributed by atoms with Crippen molar-refractivity contribution in [2.24, 2.45) is 0 Å². The molecule has 0 amide bonds. The molecule has 0 bridgehead atoms. The highest BCUT2D eigenvalue weighted by Gasteiger charge is 2.33. The van der Waals surface area contributed by atoms with Gasteiger partial charge in [-0.25, -0.2) is 4.39 Å². The summed E-state index contributed by atoms with van der Waals surface area (Å²) in [5.74, 6) is -0.404. The smallest absolute Gasteiger partial charge is 0.313 e. The lowest BCUT2D eigenvalue weighted by molar-refractivity contribution is -0.184. The first kappa shape index (κ1) is 18.3. The van der Waals surface area contributed by atoms with Gasteiger partial charge in [-0.2, -0.15) is 17.8 Å². The van der Waals surface area contributed by atoms with Gasteiger partial charge in [-0.3, -0.25) is 0 Å². The Labute approximate surface area is 151 Å². The second-order valence-corrected chi connectivity index (χ2v) is 7.79. The molecule has 1 saturated heterocycles. The fourth-order valence-electron chi connectivity index (χ4n) is 2.30. The molecule has 1 fully saturated rings. The van der Waals surface area contributed by atoms with E-state index in [1.54, 1.807) is 18.2 Å². The predicted molar refractivity (Wildman–Crippen MR) is 91.0 cm³/mol. The highest BCUT2D eigenvalue weighted by Crippen LogP contribution is 2.23. The largest absolute Gasteiger partial charge is 0.371 e. The fraction of sp³-hybridized carbons (Fsp3) is 0.294. The van der Waals surface area contributed by atoms with Crippen molar-refractivity contribution in [3.8, 4) is 0 Å². The van der Waals surface area contributed by atoms with Crippen LogP contribution in [0.3, 0.4) is 0 Å². The Morgan fingerprint density at radius 3 is 2.52 bits per heavy atom. The number of hydrogen-bond acceptors (Lipinski definition) is 5. The van der Waals surface area contributed by atoms with Crippen molar-refractivity contribution >= 4 is 21.7 Å². The molecular weight excluding hydrogens is 369 g/mol. The molecule has 5 nitrogen and oxygen atoms in total. The van der Waals surface area contributed by atoms with Crippen LogP contribution in [0.4, 0.5) is 4.39 Å². The van der Waals surface area contributed by atoms with Gasteiger partial charge in [0.15, 0.2) is 0 Å². The lowest BCUT2D eigenvalue weighted by atomic mass is 10.2. The van der Waals surface area contributed by atoms with E-state index in [2.05, 4.69) is 0 Å². The van der Waals surface area contributed by atoms with Crippen LogP contribution in [0.1, 0.15) is 11.1 Å². The number of halogens is 2. The molecule has 1 aliphatic heterocycles. The molecule has 2 aromatic rings. The molecule has 0 spiro atoms. The molecule has 0 aliphatic carbocycles. The molecule has 0 N–H and O–H groups in total. The van der Waals surface area contributed by atoms with Gasteiger partial charge in [0, 0.05) is 5.02 Å². The minimum Gasteiger partial charge on any atom is -0.371 e. The summed E-state index contributed by atoms with van der Waals surface area (Å²) < 4.78 is 48.0. The van der Waals surface area contributed by atoms with Crippen molar-refractivity contribution in [1.82, 2.24) is 5.06 Å². The first-order valence-electron chi connectivity index (χ1n) is 7.65. The third-order valence-corrected chi connectivity index (χ3v) is 5.43. The van der Waals surface area contributed by atoms with Crippen molar-refractivity contribution in [1.29, 1.82) is 0 Å². The van der Waals surface area contributed by atoms with Crippen LogP contribution in [0.25, 0.3) is 0 Å². The average molecular weight is 386 g/mol. The number of nitrogens with zero attached hydrogens (tertiary/aromatic N) is 1. The van der Waals surface area contributed by atoms with Gasteiger partial charge < -0.3 is 4.74 Å². The van der Waals surface area contributed by atoms with Gasteiger partial charge in [-0.1, -0.05) is 35.4 Å². The first-order valence-corrected chi connectivity index (χ1v) is 9.44. The van der Waals surface area contributed by atoms with Crippen LogP contribution in [0.15, 0.2) is 47.4 Å². The standard InChI is InChI=1S/C17H17ClFNO4S/c1-12-2-6-16(7-3-12)25(21,22)24-20-9-15(10-20)23-11-13-4-5-14(19)8-17(13)18/h2-8,15H,9-11H2,1H3. The van der Waals surface area contributed by atoms with Gasteiger partial charge in [0.1, 0.15) is 5.82 Å². The quantitative estimate of drug-likeness (QED) is 0.763. The minimum atomic E-state index is -3.83. The molecule has 134 valence electrons. The Hall–Kier alpha value is -1.51. The van der Waals surface area contributed by atoms with Crippen LogP contribution in [0, 0.1) is 12.7 Å². The molecule has 2 aromatic carbocycles. The normalized spacial score (nSPS) is 16.0. The van der Waals surface area contributed by atoms with E-state index in [-0.39, 0.29) is 17.6 Å². The lowest BCUT2D eigenvalue weighted by Gasteiger charge is -2.36. The van der Waals surface area contributed by atoms with Crippen molar-refractivity contribution in [3.63, 3.8) is 0 Å². The molecular formula is C17H17ClFNO4S. The number of hydroxylamine groups is 2. The molecule has 0 saturated carbocycles. The molecule has 0 atom stereocenters. The van der Waals surface area contributed by atoms with Crippen LogP contribution in [-0.4, -0.2) is 32.7 Å². The van der Waals surface area contributed by atoms with E-state index in [0.29, 0.717) is 23.7 Å². The summed E-state index contributed by atoms with van der Waals surface area (Å²) in [5.41, 5.74) is 1.64. The van der Waals surface area contributed by atoms with Gasteiger partial charge in [0.05, 0.1) is 30.7 Å². The van der Waals surface area contributed by atoms with Crippen LogP contribution < -0.4 is 0 Å². The lowest BCUT2D eigenvalue weighted by Crippen LogP contribution is -2.52. The minimum absolute atomic E-state index is 0.112. The van der Waals surface area contributed by atoms with Gasteiger partial charge in [0.25, 0.3) is 0 Å². The third-order valence-electron chi connectivity index (χ3n) is 3.82. The predicted octanol–water partition coefficient (Wildman–Crippen LogP) is 3.31. The second-order valence-electron chi connectivity index (χ2n) is 5.86. The molecule has 8 heteroatoms. The second kappa shape index (κ2) is 7.39. The zero-order chi connectivity index (χ0) is 18.0. The van der Waals surface area contributed by atoms with E-state index < -0.39 is 15.9 Å². The van der Waals surface area contributed by atoms with E-state index in [1.807, 2.05) is 6.92 Å². The van der Waals surface area contributed by atoms with E-state index in [1.165, 1.54) is 29.3 Å². The molecule has 25 heavy (non-hydrogen) atoms. The molecule has 3 rings (SSSR count). The Morgan fingerprint density at radius 2 is 1.88 bits per heavy atom. The summed E-state index contributed by atoms with van der Waals surface area (Å²) in [6.07, 6.45) is -0.172. The Balaban J connectivity index is 1.48. The number of rotatable bonds is 6. The van der Waals surface area contributed by atoms with Gasteiger partial charge in [0.2, 0.25) is 0 Å². The van der Waals surface area contributed by atoms with E-state index in [4.69, 9.17) is 20.6 Å². The molecule has 0 radical (unpaired) electrons. The Morgan fingerprint density at radius 1 is 1.20 bits per heavy atom. The van der Waals surface area contributed by atoms with Crippen LogP contribution in [-0.2, 0) is 25.7 Å². The van der Waals surface area contributed by atoms with Crippen LogP contribution in [0.5, 0.6) is 0 Å². The monoisotopic (exact) mass is 385 g/mol. The molecule has 0 unspecified atom stereocenters. The van der Waals surface area contributed by atoms with Gasteiger partial charge in [-0.05, 0) is 36.8 Å². The zero-order valence-corrected chi connectivity index (χ0v) is 15.1. The topological polar surface area (TPSA) is 55.8 Å². The first-order chi connectivity index (χ1) is 11.8. The van der Waals surface area contributed by atoms with Crippen molar-refractivity contribution in [2.75, 3.05) is 13.1 Å². The summed E-state index contributed by atoms with van der Waals surface area (Å²) in [6, 6.07) is 10.5. The van der Waals surface area contributed by atoms with Crippen molar-refractivity contribution in [3.05, 3.63) is 64.4 Å². The summed E-state index contributed by atoms with van der Waals surface area (Å²) in [7, 11) is -3.83. The summed E-state index contributed by atoms with van der Waals surface area (Å²) in [6.45, 7) is 2.75. The van der Waals surface area contributed by atoms with Crippen LogP contribution >= 0.6 is 11.6 Å². The number of hydrogen-bond donors (Lipinski definition) is 0.